The van der Waals surface area contributed by atoms with E-state index in [0.29, 0.717) is 35.9 Å². The van der Waals surface area contributed by atoms with Crippen LogP contribution in [0.3, 0.4) is 0 Å². The molecule has 1 aliphatic heterocycles. The Morgan fingerprint density at radius 3 is 2.24 bits per heavy atom. The largest absolute Gasteiger partial charge is 0.496 e. The van der Waals surface area contributed by atoms with Crippen LogP contribution in [0, 0.1) is 20.8 Å². The van der Waals surface area contributed by atoms with E-state index >= 15 is 0 Å². The molecule has 0 radical (unpaired) electrons. The lowest BCUT2D eigenvalue weighted by atomic mass is 10.1. The molecule has 140 valence electrons. The molecule has 1 aliphatic rings. The zero-order chi connectivity index (χ0) is 18.8. The van der Waals surface area contributed by atoms with Crippen LogP contribution in [-0.4, -0.2) is 63.6 Å². The number of aryl methyl sites for hydroxylation is 1. The van der Waals surface area contributed by atoms with Gasteiger partial charge in [-0.15, -0.1) is 0 Å². The molecule has 7 nitrogen and oxygen atoms in total. The Hall–Kier alpha value is -1.80. The second kappa shape index (κ2) is 7.61. The normalized spacial score (nSPS) is 16.0. The minimum absolute atomic E-state index is 0.255. The van der Waals surface area contributed by atoms with Crippen LogP contribution >= 0.6 is 0 Å². The highest BCUT2D eigenvalue weighted by Crippen LogP contribution is 2.32. The van der Waals surface area contributed by atoms with E-state index in [4.69, 9.17) is 9.47 Å². The molecule has 0 saturated carbocycles. The Bertz CT molecular complexity index is 753. The number of piperazine rings is 1. The van der Waals surface area contributed by atoms with E-state index in [1.165, 1.54) is 9.21 Å². The summed E-state index contributed by atoms with van der Waals surface area (Å²) in [6.45, 7) is 8.70. The van der Waals surface area contributed by atoms with Crippen LogP contribution in [0.15, 0.2) is 11.0 Å². The third kappa shape index (κ3) is 3.74. The molecule has 2 rings (SSSR count). The van der Waals surface area contributed by atoms with Crippen molar-refractivity contribution >= 4 is 16.1 Å². The van der Waals surface area contributed by atoms with Crippen LogP contribution in [0.25, 0.3) is 0 Å². The summed E-state index contributed by atoms with van der Waals surface area (Å²) in [5, 5.41) is 0. The van der Waals surface area contributed by atoms with E-state index in [1.807, 2.05) is 13.8 Å². The highest BCUT2D eigenvalue weighted by atomic mass is 32.2. The number of benzene rings is 1. The first-order chi connectivity index (χ1) is 11.7. The molecule has 0 aromatic heterocycles. The van der Waals surface area contributed by atoms with Gasteiger partial charge >= 0.3 is 6.09 Å². The Morgan fingerprint density at radius 1 is 1.12 bits per heavy atom. The Balaban J connectivity index is 2.25. The molecule has 0 N–H and O–H groups in total. The van der Waals surface area contributed by atoms with Crippen LogP contribution in [0.1, 0.15) is 23.6 Å². The lowest BCUT2D eigenvalue weighted by molar-refractivity contribution is 0.0934. The number of carbonyl (C=O) groups is 1. The van der Waals surface area contributed by atoms with Crippen LogP contribution in [-0.2, 0) is 14.8 Å². The fourth-order valence-electron chi connectivity index (χ4n) is 3.07. The number of sulfonamides is 1. The van der Waals surface area contributed by atoms with Gasteiger partial charge in [-0.2, -0.15) is 4.31 Å². The van der Waals surface area contributed by atoms with E-state index in [9.17, 15) is 13.2 Å². The minimum Gasteiger partial charge on any atom is -0.496 e. The first-order valence-electron chi connectivity index (χ1n) is 8.30. The lowest BCUT2D eigenvalue weighted by Crippen LogP contribution is -2.50. The van der Waals surface area contributed by atoms with Gasteiger partial charge in [-0.05, 0) is 50.5 Å². The summed E-state index contributed by atoms with van der Waals surface area (Å²) in [6.07, 6.45) is -0.396. The van der Waals surface area contributed by atoms with Gasteiger partial charge in [-0.1, -0.05) is 0 Å². The molecule has 0 unspecified atom stereocenters. The SMILES string of the molecule is CCOC(=O)N1CCN(S(=O)(=O)c2cc(C)c(OC)c(C)c2C)CC1. The van der Waals surface area contributed by atoms with Gasteiger partial charge in [0.05, 0.1) is 18.6 Å². The summed E-state index contributed by atoms with van der Waals surface area (Å²) < 4.78 is 37.9. The topological polar surface area (TPSA) is 76.2 Å². The first kappa shape index (κ1) is 19.5. The quantitative estimate of drug-likeness (QED) is 0.811. The molecule has 1 amide bonds. The minimum atomic E-state index is -3.63. The van der Waals surface area contributed by atoms with E-state index in [0.717, 1.165) is 11.1 Å². The summed E-state index contributed by atoms with van der Waals surface area (Å²) in [6, 6.07) is 1.66. The average Bonchev–Trinajstić information content (AvgIpc) is 2.58. The predicted octanol–water partition coefficient (Wildman–Crippen LogP) is 2.08. The fraction of sp³-hybridized carbons (Fsp3) is 0.588. The average molecular weight is 370 g/mol. The number of amides is 1. The van der Waals surface area contributed by atoms with Crippen molar-refractivity contribution < 1.29 is 22.7 Å². The molecule has 1 saturated heterocycles. The number of carbonyl (C=O) groups excluding carboxylic acids is 1. The predicted molar refractivity (Wildman–Crippen MR) is 94.6 cm³/mol. The third-order valence-corrected chi connectivity index (χ3v) is 6.59. The monoisotopic (exact) mass is 370 g/mol. The zero-order valence-corrected chi connectivity index (χ0v) is 16.3. The molecule has 0 atom stereocenters. The Kier molecular flexibility index (Phi) is 5.95. The maximum atomic E-state index is 13.1. The van der Waals surface area contributed by atoms with Gasteiger partial charge in [0.25, 0.3) is 0 Å². The van der Waals surface area contributed by atoms with Gasteiger partial charge < -0.3 is 14.4 Å². The number of hydrogen-bond donors (Lipinski definition) is 0. The highest BCUT2D eigenvalue weighted by Gasteiger charge is 2.32. The molecule has 1 aromatic carbocycles. The van der Waals surface area contributed by atoms with E-state index < -0.39 is 16.1 Å². The molecule has 1 fully saturated rings. The second-order valence-corrected chi connectivity index (χ2v) is 7.97. The number of ether oxygens (including phenoxy) is 2. The van der Waals surface area contributed by atoms with E-state index in [2.05, 4.69) is 0 Å². The van der Waals surface area contributed by atoms with Crippen molar-refractivity contribution in [1.29, 1.82) is 0 Å². The summed E-state index contributed by atoms with van der Waals surface area (Å²) >= 11 is 0. The van der Waals surface area contributed by atoms with Crippen molar-refractivity contribution in [1.82, 2.24) is 9.21 Å². The number of rotatable bonds is 4. The van der Waals surface area contributed by atoms with Crippen molar-refractivity contribution in [2.45, 2.75) is 32.6 Å². The number of nitrogens with zero attached hydrogens (tertiary/aromatic N) is 2. The molecule has 1 heterocycles. The van der Waals surface area contributed by atoms with Crippen molar-refractivity contribution in [2.75, 3.05) is 39.9 Å². The van der Waals surface area contributed by atoms with Crippen LogP contribution in [0.4, 0.5) is 4.79 Å². The third-order valence-electron chi connectivity index (χ3n) is 4.57. The molecule has 8 heteroatoms. The van der Waals surface area contributed by atoms with Crippen LogP contribution < -0.4 is 4.74 Å². The second-order valence-electron chi connectivity index (χ2n) is 6.06. The standard InChI is InChI=1S/C17H26N2O5S/c1-6-24-17(20)18-7-9-19(10-8-18)25(21,22)15-11-12(2)16(23-5)14(4)13(15)3/h11H,6-10H2,1-5H3. The summed E-state index contributed by atoms with van der Waals surface area (Å²) in [5.74, 6) is 0.712. The van der Waals surface area contributed by atoms with Crippen molar-refractivity contribution in [3.8, 4) is 5.75 Å². The van der Waals surface area contributed by atoms with E-state index in [1.54, 1.807) is 27.0 Å². The summed E-state index contributed by atoms with van der Waals surface area (Å²) in [5.41, 5.74) is 2.30. The molecule has 0 bridgehead atoms. The highest BCUT2D eigenvalue weighted by molar-refractivity contribution is 7.89. The van der Waals surface area contributed by atoms with Crippen LogP contribution in [0.2, 0.25) is 0 Å². The van der Waals surface area contributed by atoms with E-state index in [-0.39, 0.29) is 13.1 Å². The maximum Gasteiger partial charge on any atom is 0.409 e. The fourth-order valence-corrected chi connectivity index (χ4v) is 4.86. The number of methoxy groups -OCH3 is 1. The molecular weight excluding hydrogens is 344 g/mol. The van der Waals surface area contributed by atoms with Gasteiger partial charge in [0.15, 0.2) is 0 Å². The van der Waals surface area contributed by atoms with Crippen molar-refractivity contribution in [3.05, 3.63) is 22.8 Å². The molecule has 1 aromatic rings. The van der Waals surface area contributed by atoms with Gasteiger partial charge in [0.1, 0.15) is 5.75 Å². The zero-order valence-electron chi connectivity index (χ0n) is 15.5. The maximum absolute atomic E-state index is 13.1. The Morgan fingerprint density at radius 2 is 1.72 bits per heavy atom. The number of hydrogen-bond acceptors (Lipinski definition) is 5. The molecule has 0 spiro atoms. The smallest absolute Gasteiger partial charge is 0.409 e. The first-order valence-corrected chi connectivity index (χ1v) is 9.74. The molecular formula is C17H26N2O5S. The molecule has 25 heavy (non-hydrogen) atoms. The Labute approximate surface area is 149 Å². The van der Waals surface area contributed by atoms with Crippen molar-refractivity contribution in [3.63, 3.8) is 0 Å². The van der Waals surface area contributed by atoms with Gasteiger partial charge in [0.2, 0.25) is 10.0 Å². The summed E-state index contributed by atoms with van der Waals surface area (Å²) in [4.78, 5) is 13.6. The van der Waals surface area contributed by atoms with Crippen LogP contribution in [0.5, 0.6) is 5.75 Å². The van der Waals surface area contributed by atoms with Gasteiger partial charge in [-0.3, -0.25) is 0 Å². The van der Waals surface area contributed by atoms with Gasteiger partial charge in [-0.25, -0.2) is 13.2 Å². The van der Waals surface area contributed by atoms with Gasteiger partial charge in [0, 0.05) is 26.2 Å². The summed E-state index contributed by atoms with van der Waals surface area (Å²) in [7, 11) is -2.04. The van der Waals surface area contributed by atoms with Crippen molar-refractivity contribution in [2.24, 2.45) is 0 Å². The lowest BCUT2D eigenvalue weighted by Gasteiger charge is -2.33. The molecule has 0 aliphatic carbocycles.